The van der Waals surface area contributed by atoms with Crippen LogP contribution in [0.5, 0.6) is 5.75 Å². The lowest BCUT2D eigenvalue weighted by Crippen LogP contribution is -2.28. The van der Waals surface area contributed by atoms with Crippen LogP contribution in [0.4, 0.5) is 0 Å². The van der Waals surface area contributed by atoms with Crippen LogP contribution in [0.1, 0.15) is 18.1 Å². The molecule has 1 atom stereocenters. The van der Waals surface area contributed by atoms with Gasteiger partial charge in [-0.1, -0.05) is 6.07 Å². The Balaban J connectivity index is 2.55. The van der Waals surface area contributed by atoms with Gasteiger partial charge in [-0.15, -0.1) is 0 Å². The van der Waals surface area contributed by atoms with E-state index in [9.17, 15) is 0 Å². The van der Waals surface area contributed by atoms with Gasteiger partial charge >= 0.3 is 0 Å². The molecule has 2 nitrogen and oxygen atoms in total. The van der Waals surface area contributed by atoms with E-state index in [0.29, 0.717) is 12.6 Å². The Labute approximate surface area is 86.3 Å². The van der Waals surface area contributed by atoms with Crippen LogP contribution >= 0.6 is 0 Å². The number of nitrogens with one attached hydrogen (secondary N) is 1. The Morgan fingerprint density at radius 1 is 1.29 bits per heavy atom. The maximum absolute atomic E-state index is 5.63. The zero-order valence-electron chi connectivity index (χ0n) is 9.42. The van der Waals surface area contributed by atoms with Crippen molar-refractivity contribution in [3.8, 4) is 5.75 Å². The lowest BCUT2D eigenvalue weighted by Gasteiger charge is -2.12. The summed E-state index contributed by atoms with van der Waals surface area (Å²) in [5.41, 5.74) is 2.58. The summed E-state index contributed by atoms with van der Waals surface area (Å²) in [5, 5.41) is 3.14. The monoisotopic (exact) mass is 193 g/mol. The summed E-state index contributed by atoms with van der Waals surface area (Å²) in [6.07, 6.45) is 0. The van der Waals surface area contributed by atoms with E-state index >= 15 is 0 Å². The van der Waals surface area contributed by atoms with Crippen molar-refractivity contribution in [2.45, 2.75) is 26.8 Å². The van der Waals surface area contributed by atoms with Crippen LogP contribution in [0.25, 0.3) is 0 Å². The topological polar surface area (TPSA) is 21.3 Å². The molecule has 1 N–H and O–H groups in total. The van der Waals surface area contributed by atoms with E-state index in [1.807, 2.05) is 13.1 Å². The van der Waals surface area contributed by atoms with Crippen molar-refractivity contribution >= 4 is 0 Å². The smallest absolute Gasteiger partial charge is 0.119 e. The van der Waals surface area contributed by atoms with E-state index in [4.69, 9.17) is 4.74 Å². The van der Waals surface area contributed by atoms with E-state index in [0.717, 1.165) is 5.75 Å². The van der Waals surface area contributed by atoms with Gasteiger partial charge in [-0.25, -0.2) is 0 Å². The molecule has 0 saturated carbocycles. The van der Waals surface area contributed by atoms with Crippen molar-refractivity contribution < 1.29 is 4.74 Å². The fraction of sp³-hybridized carbons (Fsp3) is 0.500. The van der Waals surface area contributed by atoms with Gasteiger partial charge in [-0.3, -0.25) is 0 Å². The molecule has 14 heavy (non-hydrogen) atoms. The molecule has 0 aromatic heterocycles. The second-order valence-electron chi connectivity index (χ2n) is 3.75. The van der Waals surface area contributed by atoms with E-state index in [2.05, 4.69) is 38.2 Å². The Morgan fingerprint density at radius 2 is 2.00 bits per heavy atom. The molecule has 0 amide bonds. The fourth-order valence-corrected chi connectivity index (χ4v) is 1.11. The number of benzene rings is 1. The highest BCUT2D eigenvalue weighted by molar-refractivity contribution is 5.33. The Bertz CT molecular complexity index is 296. The molecule has 0 aliphatic rings. The molecule has 1 rings (SSSR count). The molecule has 0 spiro atoms. The average Bonchev–Trinajstić information content (AvgIpc) is 2.19. The summed E-state index contributed by atoms with van der Waals surface area (Å²) in [6.45, 7) is 7.01. The minimum atomic E-state index is 0.386. The van der Waals surface area contributed by atoms with Gasteiger partial charge in [0.1, 0.15) is 12.4 Å². The van der Waals surface area contributed by atoms with Gasteiger partial charge in [0, 0.05) is 6.04 Å². The second-order valence-corrected chi connectivity index (χ2v) is 3.75. The molecule has 0 aliphatic heterocycles. The van der Waals surface area contributed by atoms with Crippen molar-refractivity contribution in [2.75, 3.05) is 13.7 Å². The number of likely N-dealkylation sites (N-methyl/N-ethyl adjacent to an activating group) is 1. The van der Waals surface area contributed by atoms with E-state index in [1.165, 1.54) is 11.1 Å². The molecule has 78 valence electrons. The molecule has 1 unspecified atom stereocenters. The maximum Gasteiger partial charge on any atom is 0.119 e. The molecular formula is C12H19NO. The van der Waals surface area contributed by atoms with Crippen LogP contribution in [-0.4, -0.2) is 19.7 Å². The van der Waals surface area contributed by atoms with Crippen LogP contribution in [0.15, 0.2) is 18.2 Å². The predicted octanol–water partition coefficient (Wildman–Crippen LogP) is 2.29. The van der Waals surface area contributed by atoms with Crippen LogP contribution in [0.3, 0.4) is 0 Å². The van der Waals surface area contributed by atoms with Gasteiger partial charge in [0.25, 0.3) is 0 Å². The first kappa shape index (κ1) is 11.1. The van der Waals surface area contributed by atoms with Gasteiger partial charge in [-0.05, 0) is 51.1 Å². The Kier molecular flexibility index (Phi) is 3.96. The fourth-order valence-electron chi connectivity index (χ4n) is 1.11. The summed E-state index contributed by atoms with van der Waals surface area (Å²) in [4.78, 5) is 0. The van der Waals surface area contributed by atoms with E-state index in [-0.39, 0.29) is 0 Å². The third-order valence-electron chi connectivity index (χ3n) is 2.47. The highest BCUT2D eigenvalue weighted by Crippen LogP contribution is 2.16. The van der Waals surface area contributed by atoms with Crippen molar-refractivity contribution in [1.29, 1.82) is 0 Å². The van der Waals surface area contributed by atoms with Crippen molar-refractivity contribution in [1.82, 2.24) is 5.32 Å². The van der Waals surface area contributed by atoms with E-state index in [1.54, 1.807) is 0 Å². The summed E-state index contributed by atoms with van der Waals surface area (Å²) in [7, 11) is 1.94. The van der Waals surface area contributed by atoms with Gasteiger partial charge < -0.3 is 10.1 Å². The predicted molar refractivity (Wildman–Crippen MR) is 59.9 cm³/mol. The number of hydrogen-bond acceptors (Lipinski definition) is 2. The summed E-state index contributed by atoms with van der Waals surface area (Å²) in [5.74, 6) is 0.954. The summed E-state index contributed by atoms with van der Waals surface area (Å²) >= 11 is 0. The SMILES string of the molecule is CNC(C)COc1ccc(C)c(C)c1. The first-order chi connectivity index (χ1) is 6.63. The molecule has 0 heterocycles. The molecule has 2 heteroatoms. The molecular weight excluding hydrogens is 174 g/mol. The second kappa shape index (κ2) is 5.01. The van der Waals surface area contributed by atoms with Crippen molar-refractivity contribution in [3.63, 3.8) is 0 Å². The summed E-state index contributed by atoms with van der Waals surface area (Å²) < 4.78 is 5.63. The number of aryl methyl sites for hydroxylation is 2. The quantitative estimate of drug-likeness (QED) is 0.792. The molecule has 1 aromatic carbocycles. The number of hydrogen-bond donors (Lipinski definition) is 1. The average molecular weight is 193 g/mol. The van der Waals surface area contributed by atoms with Gasteiger partial charge in [0.2, 0.25) is 0 Å². The lowest BCUT2D eigenvalue weighted by molar-refractivity contribution is 0.280. The summed E-state index contributed by atoms with van der Waals surface area (Å²) in [6, 6.07) is 6.58. The maximum atomic E-state index is 5.63. The molecule has 0 aliphatic carbocycles. The van der Waals surface area contributed by atoms with Crippen LogP contribution in [0, 0.1) is 13.8 Å². The number of rotatable bonds is 4. The Morgan fingerprint density at radius 3 is 2.57 bits per heavy atom. The molecule has 0 bridgehead atoms. The molecule has 1 aromatic rings. The zero-order valence-corrected chi connectivity index (χ0v) is 9.42. The van der Waals surface area contributed by atoms with Crippen molar-refractivity contribution in [3.05, 3.63) is 29.3 Å². The van der Waals surface area contributed by atoms with Gasteiger partial charge in [0.15, 0.2) is 0 Å². The third kappa shape index (κ3) is 3.04. The first-order valence-electron chi connectivity index (χ1n) is 5.01. The number of ether oxygens (including phenoxy) is 1. The van der Waals surface area contributed by atoms with Crippen LogP contribution in [0.2, 0.25) is 0 Å². The highest BCUT2D eigenvalue weighted by Gasteiger charge is 2.00. The highest BCUT2D eigenvalue weighted by atomic mass is 16.5. The lowest BCUT2D eigenvalue weighted by atomic mass is 10.1. The molecule has 0 saturated heterocycles. The normalized spacial score (nSPS) is 12.6. The first-order valence-corrected chi connectivity index (χ1v) is 5.01. The van der Waals surface area contributed by atoms with Crippen LogP contribution < -0.4 is 10.1 Å². The standard InChI is InChI=1S/C12H19NO/c1-9-5-6-12(7-10(9)2)14-8-11(3)13-4/h5-7,11,13H,8H2,1-4H3. The zero-order chi connectivity index (χ0) is 10.6. The Hall–Kier alpha value is -1.02. The largest absolute Gasteiger partial charge is 0.492 e. The third-order valence-corrected chi connectivity index (χ3v) is 2.47. The van der Waals surface area contributed by atoms with E-state index < -0.39 is 0 Å². The van der Waals surface area contributed by atoms with Crippen LogP contribution in [-0.2, 0) is 0 Å². The molecule has 0 radical (unpaired) electrons. The van der Waals surface area contributed by atoms with Crippen molar-refractivity contribution in [2.24, 2.45) is 0 Å². The molecule has 0 fully saturated rings. The van der Waals surface area contributed by atoms with Gasteiger partial charge in [0.05, 0.1) is 0 Å². The van der Waals surface area contributed by atoms with Gasteiger partial charge in [-0.2, -0.15) is 0 Å². The minimum Gasteiger partial charge on any atom is -0.492 e. The minimum absolute atomic E-state index is 0.386.